The molecule has 2 aromatic rings. The van der Waals surface area contributed by atoms with Gasteiger partial charge in [-0.25, -0.2) is 0 Å². The third-order valence-electron chi connectivity index (χ3n) is 5.27. The van der Waals surface area contributed by atoms with Gasteiger partial charge >= 0.3 is 0 Å². The van der Waals surface area contributed by atoms with Gasteiger partial charge in [0, 0.05) is 46.2 Å². The minimum Gasteiger partial charge on any atom is -0.371 e. The molecule has 2 atom stereocenters. The van der Waals surface area contributed by atoms with Crippen molar-refractivity contribution in [2.24, 2.45) is 0 Å². The van der Waals surface area contributed by atoms with Gasteiger partial charge in [0.05, 0.1) is 6.04 Å². The van der Waals surface area contributed by atoms with Crippen molar-refractivity contribution >= 4 is 46.4 Å². The molecule has 144 valence electrons. The van der Waals surface area contributed by atoms with Crippen LogP contribution in [0.3, 0.4) is 0 Å². The Morgan fingerprint density at radius 1 is 1.15 bits per heavy atom. The zero-order valence-electron chi connectivity index (χ0n) is 15.7. The molecule has 3 nitrogen and oxygen atoms in total. The molecule has 3 rings (SSSR count). The maximum absolute atomic E-state index is 11.3. The lowest BCUT2D eigenvalue weighted by Gasteiger charge is -2.27. The van der Waals surface area contributed by atoms with Crippen LogP contribution < -0.4 is 10.2 Å². The number of anilines is 1. The summed E-state index contributed by atoms with van der Waals surface area (Å²) < 4.78 is 0. The Kier molecular flexibility index (Phi) is 5.95. The number of amides is 1. The fourth-order valence-corrected chi connectivity index (χ4v) is 4.63. The number of carbonyl (C=O) groups is 1. The molecule has 1 N–H and O–H groups in total. The SMILES string of the molecule is CC(=O)NC(C)c1ccc(N2CCC(C)(c3cc(Cl)cc(Cl)c3)C2)cc1Cl. The lowest BCUT2D eigenvalue weighted by molar-refractivity contribution is -0.119. The van der Waals surface area contributed by atoms with E-state index in [0.29, 0.717) is 15.1 Å². The van der Waals surface area contributed by atoms with Crippen LogP contribution in [0.4, 0.5) is 5.69 Å². The molecule has 0 aliphatic carbocycles. The van der Waals surface area contributed by atoms with Gasteiger partial charge in [-0.1, -0.05) is 47.8 Å². The summed E-state index contributed by atoms with van der Waals surface area (Å²) in [6.07, 6.45) is 1.01. The third kappa shape index (κ3) is 4.53. The molecule has 6 heteroatoms. The number of rotatable bonds is 4. The van der Waals surface area contributed by atoms with Crippen molar-refractivity contribution in [3.63, 3.8) is 0 Å². The second kappa shape index (κ2) is 7.90. The highest BCUT2D eigenvalue weighted by Crippen LogP contribution is 2.39. The summed E-state index contributed by atoms with van der Waals surface area (Å²) in [5.74, 6) is -0.0712. The van der Waals surface area contributed by atoms with Crippen molar-refractivity contribution in [1.29, 1.82) is 0 Å². The van der Waals surface area contributed by atoms with Crippen LogP contribution in [0, 0.1) is 0 Å². The standard InChI is InChI=1S/C21H23Cl3N2O/c1-13(25-14(2)27)19-5-4-18(11-20(19)24)26-7-6-21(3,12-26)15-8-16(22)10-17(23)9-15/h4-5,8-11,13H,6-7,12H2,1-3H3,(H,25,27). The van der Waals surface area contributed by atoms with Gasteiger partial charge in [0.15, 0.2) is 0 Å². The minimum absolute atomic E-state index is 0.0246. The Bertz CT molecular complexity index is 850. The van der Waals surface area contributed by atoms with Gasteiger partial charge < -0.3 is 10.2 Å². The highest BCUT2D eigenvalue weighted by molar-refractivity contribution is 6.34. The molecular formula is C21H23Cl3N2O. The van der Waals surface area contributed by atoms with Gasteiger partial charge in [-0.15, -0.1) is 0 Å². The molecule has 1 aliphatic heterocycles. The third-order valence-corrected chi connectivity index (χ3v) is 6.03. The lowest BCUT2D eigenvalue weighted by atomic mass is 9.82. The second-order valence-electron chi connectivity index (χ2n) is 7.52. The van der Waals surface area contributed by atoms with Crippen LogP contribution in [-0.4, -0.2) is 19.0 Å². The normalized spacial score (nSPS) is 20.6. The number of carbonyl (C=O) groups excluding carboxylic acids is 1. The van der Waals surface area contributed by atoms with E-state index in [1.807, 2.05) is 31.2 Å². The molecule has 1 saturated heterocycles. The summed E-state index contributed by atoms with van der Waals surface area (Å²) in [5, 5.41) is 4.86. The summed E-state index contributed by atoms with van der Waals surface area (Å²) in [6, 6.07) is 11.7. The highest BCUT2D eigenvalue weighted by atomic mass is 35.5. The van der Waals surface area contributed by atoms with Gasteiger partial charge in [-0.05, 0) is 54.8 Å². The quantitative estimate of drug-likeness (QED) is 0.650. The number of nitrogens with one attached hydrogen (secondary N) is 1. The van der Waals surface area contributed by atoms with Crippen LogP contribution in [0.1, 0.15) is 44.4 Å². The topological polar surface area (TPSA) is 32.3 Å². The van der Waals surface area contributed by atoms with E-state index in [0.717, 1.165) is 36.3 Å². The van der Waals surface area contributed by atoms with E-state index in [2.05, 4.69) is 23.2 Å². The molecule has 1 aliphatic rings. The van der Waals surface area contributed by atoms with Crippen LogP contribution in [0.5, 0.6) is 0 Å². The van der Waals surface area contributed by atoms with Gasteiger partial charge in [-0.2, -0.15) is 0 Å². The van der Waals surface area contributed by atoms with Crippen molar-refractivity contribution < 1.29 is 4.79 Å². The van der Waals surface area contributed by atoms with Crippen LogP contribution in [0.2, 0.25) is 15.1 Å². The largest absolute Gasteiger partial charge is 0.371 e. The average molecular weight is 426 g/mol. The Balaban J connectivity index is 1.80. The summed E-state index contributed by atoms with van der Waals surface area (Å²) in [4.78, 5) is 13.6. The second-order valence-corrected chi connectivity index (χ2v) is 8.80. The van der Waals surface area contributed by atoms with Crippen molar-refractivity contribution in [2.45, 2.75) is 38.6 Å². The molecule has 0 aromatic heterocycles. The molecule has 2 aromatic carbocycles. The number of nitrogens with zero attached hydrogens (tertiary/aromatic N) is 1. The fourth-order valence-electron chi connectivity index (χ4n) is 3.77. The molecule has 1 heterocycles. The Labute approximate surface area is 175 Å². The highest BCUT2D eigenvalue weighted by Gasteiger charge is 2.36. The Morgan fingerprint density at radius 3 is 2.41 bits per heavy atom. The predicted octanol–water partition coefficient (Wildman–Crippen LogP) is 6.01. The van der Waals surface area contributed by atoms with Gasteiger partial charge in [0.25, 0.3) is 0 Å². The van der Waals surface area contributed by atoms with E-state index < -0.39 is 0 Å². The van der Waals surface area contributed by atoms with Crippen molar-refractivity contribution in [2.75, 3.05) is 18.0 Å². The molecule has 1 fully saturated rings. The summed E-state index contributed by atoms with van der Waals surface area (Å²) >= 11 is 18.9. The number of hydrogen-bond acceptors (Lipinski definition) is 2. The molecule has 0 spiro atoms. The van der Waals surface area contributed by atoms with E-state index in [9.17, 15) is 4.79 Å². The molecule has 1 amide bonds. The van der Waals surface area contributed by atoms with Crippen LogP contribution in [-0.2, 0) is 10.2 Å². The average Bonchev–Trinajstić information content (AvgIpc) is 2.97. The predicted molar refractivity (Wildman–Crippen MR) is 114 cm³/mol. The maximum atomic E-state index is 11.3. The van der Waals surface area contributed by atoms with Crippen molar-refractivity contribution in [1.82, 2.24) is 5.32 Å². The zero-order chi connectivity index (χ0) is 19.8. The fraction of sp³-hybridized carbons (Fsp3) is 0.381. The maximum Gasteiger partial charge on any atom is 0.217 e. The molecule has 27 heavy (non-hydrogen) atoms. The molecule has 0 saturated carbocycles. The first-order chi connectivity index (χ1) is 12.7. The number of benzene rings is 2. The molecule has 2 unspecified atom stereocenters. The van der Waals surface area contributed by atoms with Crippen molar-refractivity contribution in [3.05, 3.63) is 62.6 Å². The summed E-state index contributed by atoms with van der Waals surface area (Å²) in [7, 11) is 0. The first-order valence-electron chi connectivity index (χ1n) is 8.96. The van der Waals surface area contributed by atoms with Crippen LogP contribution >= 0.6 is 34.8 Å². The minimum atomic E-state index is -0.124. The van der Waals surface area contributed by atoms with E-state index in [1.165, 1.54) is 6.92 Å². The zero-order valence-corrected chi connectivity index (χ0v) is 17.9. The van der Waals surface area contributed by atoms with Gasteiger partial charge in [-0.3, -0.25) is 4.79 Å². The summed E-state index contributed by atoms with van der Waals surface area (Å²) in [6.45, 7) is 7.46. The monoisotopic (exact) mass is 424 g/mol. The van der Waals surface area contributed by atoms with E-state index in [1.54, 1.807) is 6.07 Å². The molecular weight excluding hydrogens is 403 g/mol. The van der Waals surface area contributed by atoms with Gasteiger partial charge in [0.1, 0.15) is 0 Å². The van der Waals surface area contributed by atoms with Crippen LogP contribution in [0.25, 0.3) is 0 Å². The van der Waals surface area contributed by atoms with Gasteiger partial charge in [0.2, 0.25) is 5.91 Å². The van der Waals surface area contributed by atoms with Crippen LogP contribution in [0.15, 0.2) is 36.4 Å². The van der Waals surface area contributed by atoms with E-state index >= 15 is 0 Å². The Hall–Kier alpha value is -1.42. The summed E-state index contributed by atoms with van der Waals surface area (Å²) in [5.41, 5.74) is 3.13. The first-order valence-corrected chi connectivity index (χ1v) is 10.1. The van der Waals surface area contributed by atoms with E-state index in [4.69, 9.17) is 34.8 Å². The molecule has 0 bridgehead atoms. The van der Waals surface area contributed by atoms with Crippen molar-refractivity contribution in [3.8, 4) is 0 Å². The lowest BCUT2D eigenvalue weighted by Crippen LogP contribution is -2.28. The van der Waals surface area contributed by atoms with E-state index in [-0.39, 0.29) is 17.4 Å². The smallest absolute Gasteiger partial charge is 0.217 e. The number of halogens is 3. The number of hydrogen-bond donors (Lipinski definition) is 1. The molecule has 0 radical (unpaired) electrons. The first kappa shape index (κ1) is 20.3. The Morgan fingerprint density at radius 2 is 1.81 bits per heavy atom.